The number of guanidine groups is 1. The maximum atomic E-state index is 5.15. The smallest absolute Gasteiger partial charge is 0.211 e. The highest BCUT2D eigenvalue weighted by Gasteiger charge is 2.09. The molecule has 13 heavy (non-hydrogen) atoms. The summed E-state index contributed by atoms with van der Waals surface area (Å²) in [5, 5.41) is 7.44. The number of hydrogen-bond acceptors (Lipinski definition) is 2. The van der Waals surface area contributed by atoms with Crippen molar-refractivity contribution < 1.29 is 0 Å². The molecule has 1 aliphatic rings. The minimum absolute atomic E-state index is 0.0323. The van der Waals surface area contributed by atoms with E-state index in [-0.39, 0.29) is 5.96 Å². The summed E-state index contributed by atoms with van der Waals surface area (Å²) in [6.45, 7) is 0. The molecule has 1 fully saturated rings. The molecule has 1 saturated carbocycles. The normalized spacial score (nSPS) is 20.0. The highest BCUT2D eigenvalue weighted by Crippen LogP contribution is 2.21. The zero-order valence-electron chi connectivity index (χ0n) is 7.95. The van der Waals surface area contributed by atoms with E-state index >= 15 is 0 Å². The molecule has 0 aromatic rings. The number of hydrogen-bond donors (Lipinski definition) is 2. The Morgan fingerprint density at radius 2 is 1.69 bits per heavy atom. The minimum Gasteiger partial charge on any atom is -0.369 e. The molecule has 4 nitrogen and oxygen atoms in total. The summed E-state index contributed by atoms with van der Waals surface area (Å²) < 4.78 is 0. The molecule has 4 N–H and O–H groups in total. The first-order chi connectivity index (χ1) is 6.29. The van der Waals surface area contributed by atoms with Crippen molar-refractivity contribution >= 4 is 12.2 Å². The first-order valence-electron chi connectivity index (χ1n) is 4.91. The third-order valence-corrected chi connectivity index (χ3v) is 2.35. The maximum Gasteiger partial charge on any atom is 0.211 e. The van der Waals surface area contributed by atoms with Gasteiger partial charge in [0.2, 0.25) is 5.96 Å². The molecule has 0 aromatic heterocycles. The van der Waals surface area contributed by atoms with Crippen LogP contribution >= 0.6 is 0 Å². The van der Waals surface area contributed by atoms with E-state index in [2.05, 4.69) is 10.2 Å². The Hall–Kier alpha value is -1.06. The van der Waals surface area contributed by atoms with Crippen molar-refractivity contribution in [2.45, 2.75) is 38.5 Å². The van der Waals surface area contributed by atoms with Crippen molar-refractivity contribution in [1.29, 1.82) is 0 Å². The van der Waals surface area contributed by atoms with Crippen LogP contribution in [0.3, 0.4) is 0 Å². The summed E-state index contributed by atoms with van der Waals surface area (Å²) in [5.74, 6) is 0.607. The quantitative estimate of drug-likeness (QED) is 0.291. The van der Waals surface area contributed by atoms with Gasteiger partial charge in [0.25, 0.3) is 0 Å². The lowest BCUT2D eigenvalue weighted by Crippen LogP contribution is -2.21. The van der Waals surface area contributed by atoms with Gasteiger partial charge in [0.15, 0.2) is 0 Å². The molecule has 0 amide bonds. The van der Waals surface area contributed by atoms with Gasteiger partial charge < -0.3 is 11.5 Å². The molecular weight excluding hydrogens is 164 g/mol. The molecule has 0 radical (unpaired) electrons. The summed E-state index contributed by atoms with van der Waals surface area (Å²) in [6, 6.07) is 0. The van der Waals surface area contributed by atoms with Gasteiger partial charge in [0, 0.05) is 6.21 Å². The van der Waals surface area contributed by atoms with Crippen LogP contribution < -0.4 is 11.5 Å². The Labute approximate surface area is 79.1 Å². The summed E-state index contributed by atoms with van der Waals surface area (Å²) >= 11 is 0. The molecule has 0 spiro atoms. The SMILES string of the molecule is NC(N)=NN=CC1CCCCCC1. The standard InChI is InChI=1S/C9H18N4/c10-9(11)13-12-7-8-5-3-1-2-4-6-8/h7-8H,1-6H2,(H4,10,11,13). The van der Waals surface area contributed by atoms with E-state index in [0.717, 1.165) is 0 Å². The van der Waals surface area contributed by atoms with Crippen LogP contribution in [0.5, 0.6) is 0 Å². The Morgan fingerprint density at radius 3 is 2.23 bits per heavy atom. The van der Waals surface area contributed by atoms with Crippen LogP contribution in [0.25, 0.3) is 0 Å². The van der Waals surface area contributed by atoms with Gasteiger partial charge in [-0.3, -0.25) is 0 Å². The van der Waals surface area contributed by atoms with Crippen molar-refractivity contribution in [2.75, 3.05) is 0 Å². The Kier molecular flexibility index (Phi) is 4.29. The van der Waals surface area contributed by atoms with Gasteiger partial charge in [-0.05, 0) is 18.8 Å². The molecule has 1 aliphatic carbocycles. The lowest BCUT2D eigenvalue weighted by atomic mass is 10.0. The molecule has 1 rings (SSSR count). The fourth-order valence-electron chi connectivity index (χ4n) is 1.65. The van der Waals surface area contributed by atoms with Gasteiger partial charge >= 0.3 is 0 Å². The zero-order valence-corrected chi connectivity index (χ0v) is 7.95. The van der Waals surface area contributed by atoms with Gasteiger partial charge in [-0.25, -0.2) is 0 Å². The van der Waals surface area contributed by atoms with Crippen molar-refractivity contribution in [3.05, 3.63) is 0 Å². The fourth-order valence-corrected chi connectivity index (χ4v) is 1.65. The maximum absolute atomic E-state index is 5.15. The molecule has 0 aliphatic heterocycles. The van der Waals surface area contributed by atoms with E-state index in [1.165, 1.54) is 38.5 Å². The average molecular weight is 182 g/mol. The Balaban J connectivity index is 2.33. The molecular formula is C9H18N4. The Morgan fingerprint density at radius 1 is 1.08 bits per heavy atom. The molecule has 0 bridgehead atoms. The van der Waals surface area contributed by atoms with Crippen LogP contribution in [0, 0.1) is 5.92 Å². The van der Waals surface area contributed by atoms with Crippen LogP contribution in [-0.4, -0.2) is 12.2 Å². The van der Waals surface area contributed by atoms with Crippen LogP contribution in [-0.2, 0) is 0 Å². The molecule has 0 aromatic carbocycles. The number of rotatable bonds is 2. The molecule has 4 heteroatoms. The molecule has 74 valence electrons. The van der Waals surface area contributed by atoms with E-state index in [1.54, 1.807) is 0 Å². The third-order valence-electron chi connectivity index (χ3n) is 2.35. The van der Waals surface area contributed by atoms with Gasteiger partial charge in [-0.15, -0.1) is 5.10 Å². The van der Waals surface area contributed by atoms with Crippen LogP contribution in [0.1, 0.15) is 38.5 Å². The number of nitrogens with two attached hydrogens (primary N) is 2. The third kappa shape index (κ3) is 4.50. The van der Waals surface area contributed by atoms with Gasteiger partial charge in [0.05, 0.1) is 0 Å². The van der Waals surface area contributed by atoms with E-state index in [4.69, 9.17) is 11.5 Å². The van der Waals surface area contributed by atoms with Crippen molar-refractivity contribution in [3.8, 4) is 0 Å². The Bertz CT molecular complexity index is 186. The van der Waals surface area contributed by atoms with Gasteiger partial charge in [-0.1, -0.05) is 25.7 Å². The molecule has 0 atom stereocenters. The van der Waals surface area contributed by atoms with Crippen molar-refractivity contribution in [1.82, 2.24) is 0 Å². The van der Waals surface area contributed by atoms with Crippen LogP contribution in [0.2, 0.25) is 0 Å². The average Bonchev–Trinajstić information content (AvgIpc) is 2.32. The first kappa shape index (κ1) is 10.0. The first-order valence-corrected chi connectivity index (χ1v) is 4.91. The van der Waals surface area contributed by atoms with E-state index in [1.807, 2.05) is 6.21 Å². The van der Waals surface area contributed by atoms with E-state index in [0.29, 0.717) is 5.92 Å². The highest BCUT2D eigenvalue weighted by atomic mass is 15.3. The highest BCUT2D eigenvalue weighted by molar-refractivity contribution is 5.76. The van der Waals surface area contributed by atoms with E-state index < -0.39 is 0 Å². The lowest BCUT2D eigenvalue weighted by molar-refractivity contribution is 0.600. The molecule has 0 saturated heterocycles. The van der Waals surface area contributed by atoms with Gasteiger partial charge in [0.1, 0.15) is 0 Å². The minimum atomic E-state index is 0.0323. The zero-order chi connectivity index (χ0) is 9.52. The van der Waals surface area contributed by atoms with Gasteiger partial charge in [-0.2, -0.15) is 5.10 Å². The second kappa shape index (κ2) is 5.56. The summed E-state index contributed by atoms with van der Waals surface area (Å²) in [6.07, 6.45) is 9.65. The van der Waals surface area contributed by atoms with Crippen molar-refractivity contribution in [3.63, 3.8) is 0 Å². The van der Waals surface area contributed by atoms with Crippen LogP contribution in [0.4, 0.5) is 0 Å². The number of nitrogens with zero attached hydrogens (tertiary/aromatic N) is 2. The predicted molar refractivity (Wildman–Crippen MR) is 55.5 cm³/mol. The van der Waals surface area contributed by atoms with Crippen LogP contribution in [0.15, 0.2) is 10.2 Å². The second-order valence-electron chi connectivity index (χ2n) is 3.54. The predicted octanol–water partition coefficient (Wildman–Crippen LogP) is 1.22. The molecule has 0 unspecified atom stereocenters. The second-order valence-corrected chi connectivity index (χ2v) is 3.54. The topological polar surface area (TPSA) is 76.8 Å². The monoisotopic (exact) mass is 182 g/mol. The summed E-state index contributed by atoms with van der Waals surface area (Å²) in [4.78, 5) is 0. The summed E-state index contributed by atoms with van der Waals surface area (Å²) in [7, 11) is 0. The molecule has 0 heterocycles. The largest absolute Gasteiger partial charge is 0.369 e. The van der Waals surface area contributed by atoms with Crippen molar-refractivity contribution in [2.24, 2.45) is 27.6 Å². The summed E-state index contributed by atoms with van der Waals surface area (Å²) in [5.41, 5.74) is 10.3. The fraction of sp³-hybridized carbons (Fsp3) is 0.778. The van der Waals surface area contributed by atoms with E-state index in [9.17, 15) is 0 Å². The lowest BCUT2D eigenvalue weighted by Gasteiger charge is -2.04.